The Balaban J connectivity index is 2.21. The van der Waals surface area contributed by atoms with Crippen LogP contribution in [0.1, 0.15) is 45.0 Å². The molecule has 1 atom stereocenters. The Bertz CT molecular complexity index is 446. The maximum Gasteiger partial charge on any atom is 0.308 e. The fourth-order valence-corrected chi connectivity index (χ4v) is 2.48. The Kier molecular flexibility index (Phi) is 3.41. The molecule has 0 fully saturated rings. The Hall–Kier alpha value is -1.39. The molecule has 18 heavy (non-hydrogen) atoms. The SMILES string of the molecule is COC(=O)C1CCc2c(C(C)(C)C)nnn2CC1. The molecule has 0 spiro atoms. The largest absolute Gasteiger partial charge is 0.469 e. The van der Waals surface area contributed by atoms with E-state index in [4.69, 9.17) is 4.74 Å². The molecule has 1 aliphatic rings. The molecular weight excluding hydrogens is 230 g/mol. The first-order valence-electron chi connectivity index (χ1n) is 6.44. The van der Waals surface area contributed by atoms with Gasteiger partial charge in [-0.1, -0.05) is 26.0 Å². The van der Waals surface area contributed by atoms with Crippen LogP contribution in [0.15, 0.2) is 0 Å². The van der Waals surface area contributed by atoms with Gasteiger partial charge in [0.25, 0.3) is 0 Å². The van der Waals surface area contributed by atoms with Gasteiger partial charge >= 0.3 is 5.97 Å². The van der Waals surface area contributed by atoms with E-state index in [1.165, 1.54) is 12.8 Å². The molecule has 100 valence electrons. The van der Waals surface area contributed by atoms with Gasteiger partial charge in [-0.15, -0.1) is 5.10 Å². The summed E-state index contributed by atoms with van der Waals surface area (Å²) in [5.41, 5.74) is 2.22. The Labute approximate surface area is 108 Å². The van der Waals surface area contributed by atoms with Crippen LogP contribution in [0.25, 0.3) is 0 Å². The first-order chi connectivity index (χ1) is 8.43. The van der Waals surface area contributed by atoms with Gasteiger partial charge in [-0.2, -0.15) is 0 Å². The van der Waals surface area contributed by atoms with Crippen LogP contribution < -0.4 is 0 Å². The van der Waals surface area contributed by atoms with Crippen molar-refractivity contribution in [2.45, 2.75) is 52.0 Å². The van der Waals surface area contributed by atoms with Crippen molar-refractivity contribution in [3.63, 3.8) is 0 Å². The van der Waals surface area contributed by atoms with E-state index in [-0.39, 0.29) is 17.3 Å². The second-order valence-corrected chi connectivity index (χ2v) is 5.91. The van der Waals surface area contributed by atoms with Gasteiger partial charge < -0.3 is 4.74 Å². The van der Waals surface area contributed by atoms with E-state index >= 15 is 0 Å². The number of esters is 1. The molecule has 0 aromatic carbocycles. The minimum atomic E-state index is -0.106. The predicted molar refractivity (Wildman–Crippen MR) is 67.2 cm³/mol. The molecule has 5 nitrogen and oxygen atoms in total. The molecule has 0 N–H and O–H groups in total. The molecule has 2 heterocycles. The monoisotopic (exact) mass is 251 g/mol. The number of fused-ring (bicyclic) bond motifs is 1. The molecule has 1 unspecified atom stereocenters. The Morgan fingerprint density at radius 2 is 2.11 bits per heavy atom. The topological polar surface area (TPSA) is 57.0 Å². The maximum absolute atomic E-state index is 11.6. The molecule has 0 saturated carbocycles. The van der Waals surface area contributed by atoms with E-state index in [1.807, 2.05) is 4.68 Å². The number of rotatable bonds is 1. The zero-order chi connectivity index (χ0) is 13.3. The third kappa shape index (κ3) is 2.40. The first kappa shape index (κ1) is 13.1. The Morgan fingerprint density at radius 1 is 1.39 bits per heavy atom. The van der Waals surface area contributed by atoms with Gasteiger partial charge in [-0.3, -0.25) is 4.79 Å². The molecule has 1 aromatic rings. The highest BCUT2D eigenvalue weighted by Gasteiger charge is 2.29. The fourth-order valence-electron chi connectivity index (χ4n) is 2.48. The van der Waals surface area contributed by atoms with E-state index in [0.29, 0.717) is 0 Å². The van der Waals surface area contributed by atoms with Gasteiger partial charge in [0.1, 0.15) is 0 Å². The number of aryl methyl sites for hydroxylation is 1. The van der Waals surface area contributed by atoms with Crippen molar-refractivity contribution in [1.29, 1.82) is 0 Å². The summed E-state index contributed by atoms with van der Waals surface area (Å²) >= 11 is 0. The van der Waals surface area contributed by atoms with Crippen LogP contribution in [0.3, 0.4) is 0 Å². The summed E-state index contributed by atoms with van der Waals surface area (Å²) in [6.45, 7) is 7.17. The number of ether oxygens (including phenoxy) is 1. The van der Waals surface area contributed by atoms with Gasteiger partial charge in [0, 0.05) is 12.0 Å². The predicted octanol–water partition coefficient (Wildman–Crippen LogP) is 1.70. The van der Waals surface area contributed by atoms with Gasteiger partial charge in [-0.05, 0) is 19.3 Å². The molecule has 1 aromatic heterocycles. The van der Waals surface area contributed by atoms with Crippen molar-refractivity contribution in [2.75, 3.05) is 7.11 Å². The molecule has 1 aliphatic heterocycles. The molecule has 2 rings (SSSR count). The summed E-state index contributed by atoms with van der Waals surface area (Å²) < 4.78 is 6.78. The fraction of sp³-hybridized carbons (Fsp3) is 0.769. The lowest BCUT2D eigenvalue weighted by Crippen LogP contribution is -2.17. The lowest BCUT2D eigenvalue weighted by molar-refractivity contribution is -0.145. The van der Waals surface area contributed by atoms with Crippen molar-refractivity contribution >= 4 is 5.97 Å². The van der Waals surface area contributed by atoms with E-state index in [2.05, 4.69) is 31.1 Å². The van der Waals surface area contributed by atoms with Gasteiger partial charge in [0.15, 0.2) is 0 Å². The highest BCUT2D eigenvalue weighted by atomic mass is 16.5. The van der Waals surface area contributed by atoms with Crippen LogP contribution >= 0.6 is 0 Å². The van der Waals surface area contributed by atoms with Crippen LogP contribution in [0, 0.1) is 5.92 Å². The summed E-state index contributed by atoms with van der Waals surface area (Å²) in [5, 5.41) is 8.51. The number of nitrogens with zero attached hydrogens (tertiary/aromatic N) is 3. The second kappa shape index (κ2) is 4.71. The molecule has 0 bridgehead atoms. The maximum atomic E-state index is 11.6. The second-order valence-electron chi connectivity index (χ2n) is 5.91. The summed E-state index contributed by atoms with van der Waals surface area (Å²) in [6.07, 6.45) is 2.45. The van der Waals surface area contributed by atoms with E-state index < -0.39 is 0 Å². The molecular formula is C13H21N3O2. The average molecular weight is 251 g/mol. The standard InChI is InChI=1S/C13H21N3O2/c1-13(2,3)11-10-6-5-9(12(17)18-4)7-8-16(10)15-14-11/h9H,5-8H2,1-4H3. The summed E-state index contributed by atoms with van der Waals surface area (Å²) in [6, 6.07) is 0. The third-order valence-electron chi connectivity index (χ3n) is 3.50. The van der Waals surface area contributed by atoms with Crippen molar-refractivity contribution in [1.82, 2.24) is 15.0 Å². The van der Waals surface area contributed by atoms with Gasteiger partial charge in [0.2, 0.25) is 0 Å². The third-order valence-corrected chi connectivity index (χ3v) is 3.50. The number of methoxy groups -OCH3 is 1. The van der Waals surface area contributed by atoms with Crippen LogP contribution in [0.2, 0.25) is 0 Å². The van der Waals surface area contributed by atoms with E-state index in [9.17, 15) is 4.79 Å². The minimum Gasteiger partial charge on any atom is -0.469 e. The average Bonchev–Trinajstić information content (AvgIpc) is 2.61. The number of hydrogen-bond donors (Lipinski definition) is 0. The lowest BCUT2D eigenvalue weighted by atomic mass is 9.89. The molecule has 0 amide bonds. The van der Waals surface area contributed by atoms with Crippen molar-refractivity contribution in [2.24, 2.45) is 5.92 Å². The molecule has 0 radical (unpaired) electrons. The number of carbonyl (C=O) groups excluding carboxylic acids is 1. The zero-order valence-electron chi connectivity index (χ0n) is 11.6. The number of carbonyl (C=O) groups is 1. The van der Waals surface area contributed by atoms with Crippen LogP contribution in [0.5, 0.6) is 0 Å². The van der Waals surface area contributed by atoms with Crippen molar-refractivity contribution < 1.29 is 9.53 Å². The highest BCUT2D eigenvalue weighted by molar-refractivity contribution is 5.72. The molecule has 0 aliphatic carbocycles. The van der Waals surface area contributed by atoms with Crippen LogP contribution in [-0.2, 0) is 27.9 Å². The summed E-state index contributed by atoms with van der Waals surface area (Å²) in [7, 11) is 1.45. The minimum absolute atomic E-state index is 0.00130. The molecule has 0 saturated heterocycles. The van der Waals surface area contributed by atoms with Crippen molar-refractivity contribution in [3.8, 4) is 0 Å². The van der Waals surface area contributed by atoms with E-state index in [1.54, 1.807) is 0 Å². The normalized spacial score (nSPS) is 20.1. The molecule has 5 heteroatoms. The Morgan fingerprint density at radius 3 is 2.72 bits per heavy atom. The first-order valence-corrected chi connectivity index (χ1v) is 6.44. The zero-order valence-corrected chi connectivity index (χ0v) is 11.6. The van der Waals surface area contributed by atoms with E-state index in [0.717, 1.165) is 31.5 Å². The van der Waals surface area contributed by atoms with Gasteiger partial charge in [-0.25, -0.2) is 4.68 Å². The summed E-state index contributed by atoms with van der Waals surface area (Å²) in [4.78, 5) is 11.6. The van der Waals surface area contributed by atoms with Crippen LogP contribution in [0.4, 0.5) is 0 Å². The van der Waals surface area contributed by atoms with Gasteiger partial charge in [0.05, 0.1) is 24.4 Å². The quantitative estimate of drug-likeness (QED) is 0.713. The summed E-state index contributed by atoms with van der Waals surface area (Å²) in [5.74, 6) is -0.115. The van der Waals surface area contributed by atoms with Crippen molar-refractivity contribution in [3.05, 3.63) is 11.4 Å². The lowest BCUT2D eigenvalue weighted by Gasteiger charge is -2.17. The highest BCUT2D eigenvalue weighted by Crippen LogP contribution is 2.28. The number of aromatic nitrogens is 3. The van der Waals surface area contributed by atoms with Crippen LogP contribution in [-0.4, -0.2) is 28.1 Å². The number of hydrogen-bond acceptors (Lipinski definition) is 4. The smallest absolute Gasteiger partial charge is 0.308 e.